The number of aromatic nitrogens is 1. The van der Waals surface area contributed by atoms with E-state index in [2.05, 4.69) is 4.98 Å². The number of pyridine rings is 1. The molecule has 6 nitrogen and oxygen atoms in total. The summed E-state index contributed by atoms with van der Waals surface area (Å²) >= 11 is 0. The minimum Gasteiger partial charge on any atom is -0.480 e. The normalized spacial score (nSPS) is 19.9. The van der Waals surface area contributed by atoms with Crippen molar-refractivity contribution in [2.24, 2.45) is 0 Å². The topological polar surface area (TPSA) is 73.7 Å². The van der Waals surface area contributed by atoms with Crippen LogP contribution in [0.4, 0.5) is 14.9 Å². The molecule has 1 saturated heterocycles. The van der Waals surface area contributed by atoms with E-state index in [4.69, 9.17) is 5.11 Å². The summed E-state index contributed by atoms with van der Waals surface area (Å²) in [7, 11) is 1.41. The fourth-order valence-corrected chi connectivity index (χ4v) is 1.68. The number of carboxylic acid groups (broad SMARTS) is 1. The first kappa shape index (κ1) is 11.3. The Kier molecular flexibility index (Phi) is 2.66. The predicted molar refractivity (Wildman–Crippen MR) is 56.1 cm³/mol. The van der Waals surface area contributed by atoms with Gasteiger partial charge in [0.15, 0.2) is 0 Å². The van der Waals surface area contributed by atoms with Crippen molar-refractivity contribution in [2.75, 3.05) is 18.5 Å². The van der Waals surface area contributed by atoms with Crippen LogP contribution in [0.25, 0.3) is 0 Å². The number of carbonyl (C=O) groups excluding carboxylic acids is 1. The minimum atomic E-state index is -1.07. The molecule has 1 fully saturated rings. The zero-order valence-electron chi connectivity index (χ0n) is 9.00. The number of rotatable bonds is 2. The van der Waals surface area contributed by atoms with Crippen LogP contribution in [-0.2, 0) is 4.79 Å². The zero-order chi connectivity index (χ0) is 12.6. The Morgan fingerprint density at radius 2 is 2.29 bits per heavy atom. The van der Waals surface area contributed by atoms with Crippen molar-refractivity contribution in [3.8, 4) is 0 Å². The lowest BCUT2D eigenvalue weighted by Gasteiger charge is -2.15. The molecule has 0 saturated carbocycles. The zero-order valence-corrected chi connectivity index (χ0v) is 9.00. The van der Waals surface area contributed by atoms with E-state index < -0.39 is 24.0 Å². The lowest BCUT2D eigenvalue weighted by molar-refractivity contribution is -0.140. The van der Waals surface area contributed by atoms with Gasteiger partial charge in [-0.05, 0) is 12.1 Å². The molecule has 0 spiro atoms. The fraction of sp³-hybridized carbons (Fsp3) is 0.300. The lowest BCUT2D eigenvalue weighted by atomic mass is 10.3. The Morgan fingerprint density at radius 1 is 1.59 bits per heavy atom. The Hall–Kier alpha value is -2.18. The Balaban J connectivity index is 2.26. The van der Waals surface area contributed by atoms with Gasteiger partial charge in [-0.25, -0.2) is 14.6 Å². The molecule has 2 rings (SSSR count). The number of likely N-dealkylation sites (N-methyl/N-ethyl adjacent to an activating group) is 1. The molecule has 1 aromatic rings. The van der Waals surface area contributed by atoms with E-state index in [0.717, 1.165) is 11.0 Å². The van der Waals surface area contributed by atoms with Crippen LogP contribution < -0.4 is 4.90 Å². The molecule has 0 aromatic carbocycles. The molecule has 0 radical (unpaired) electrons. The molecule has 1 unspecified atom stereocenters. The summed E-state index contributed by atoms with van der Waals surface area (Å²) in [6.45, 7) is 0.0258. The second kappa shape index (κ2) is 4.00. The number of hydrogen-bond donors (Lipinski definition) is 1. The molecule has 0 bridgehead atoms. The van der Waals surface area contributed by atoms with E-state index in [1.54, 1.807) is 0 Å². The van der Waals surface area contributed by atoms with Gasteiger partial charge in [0.1, 0.15) is 6.04 Å². The molecule has 7 heteroatoms. The number of carboxylic acids is 1. The van der Waals surface area contributed by atoms with Crippen LogP contribution in [0.2, 0.25) is 0 Å². The molecule has 2 amide bonds. The van der Waals surface area contributed by atoms with Gasteiger partial charge in [-0.1, -0.05) is 0 Å². The fourth-order valence-electron chi connectivity index (χ4n) is 1.68. The van der Waals surface area contributed by atoms with Gasteiger partial charge in [0.05, 0.1) is 18.4 Å². The first-order valence-electron chi connectivity index (χ1n) is 4.89. The molecule has 1 aliphatic heterocycles. The van der Waals surface area contributed by atoms with Gasteiger partial charge in [0, 0.05) is 7.05 Å². The number of carbonyl (C=O) groups is 2. The summed E-state index contributed by atoms with van der Waals surface area (Å²) in [6.07, 6.45) is 1.20. The van der Waals surface area contributed by atoms with Gasteiger partial charge in [-0.2, -0.15) is 4.39 Å². The van der Waals surface area contributed by atoms with Gasteiger partial charge in [-0.3, -0.25) is 4.90 Å². The third-order valence-electron chi connectivity index (χ3n) is 2.66. The van der Waals surface area contributed by atoms with Crippen LogP contribution in [0.3, 0.4) is 0 Å². The highest BCUT2D eigenvalue weighted by atomic mass is 19.1. The maximum Gasteiger partial charge on any atom is 0.328 e. The molecule has 1 aliphatic rings. The quantitative estimate of drug-likeness (QED) is 0.765. The Bertz CT molecular complexity index is 462. The first-order chi connectivity index (χ1) is 8.00. The smallest absolute Gasteiger partial charge is 0.328 e. The Labute approximate surface area is 96.3 Å². The second-order valence-corrected chi connectivity index (χ2v) is 3.70. The summed E-state index contributed by atoms with van der Waals surface area (Å²) in [6, 6.07) is 1.17. The van der Waals surface area contributed by atoms with Crippen molar-refractivity contribution in [1.82, 2.24) is 9.88 Å². The molecule has 0 aliphatic carbocycles. The molecular weight excluding hydrogens is 229 g/mol. The molecule has 2 heterocycles. The summed E-state index contributed by atoms with van der Waals surface area (Å²) in [4.78, 5) is 28.5. The highest BCUT2D eigenvalue weighted by Gasteiger charge is 2.39. The van der Waals surface area contributed by atoms with Crippen molar-refractivity contribution in [3.05, 3.63) is 24.3 Å². The van der Waals surface area contributed by atoms with E-state index in [-0.39, 0.29) is 6.54 Å². The van der Waals surface area contributed by atoms with Crippen molar-refractivity contribution in [3.63, 3.8) is 0 Å². The molecule has 90 valence electrons. The average molecular weight is 239 g/mol. The Morgan fingerprint density at radius 3 is 2.76 bits per heavy atom. The number of urea groups is 1. The maximum atomic E-state index is 12.6. The minimum absolute atomic E-state index is 0.0258. The van der Waals surface area contributed by atoms with Gasteiger partial charge < -0.3 is 10.0 Å². The highest BCUT2D eigenvalue weighted by molar-refractivity contribution is 5.98. The standard InChI is InChI=1S/C10H10FN3O3/c1-13-7(9(15)16)5-14(10(13)17)6-2-3-8(11)12-4-6/h2-4,7H,5H2,1H3,(H,15,16). The lowest BCUT2D eigenvalue weighted by Crippen LogP contribution is -2.36. The number of amides is 2. The van der Waals surface area contributed by atoms with Crippen LogP contribution >= 0.6 is 0 Å². The SMILES string of the molecule is CN1C(=O)N(c2ccc(F)nc2)CC1C(=O)O. The van der Waals surface area contributed by atoms with Crippen LogP contribution in [0.1, 0.15) is 0 Å². The third kappa shape index (κ3) is 1.91. The molecular formula is C10H10FN3O3. The number of hydrogen-bond acceptors (Lipinski definition) is 3. The van der Waals surface area contributed by atoms with E-state index in [1.165, 1.54) is 24.2 Å². The van der Waals surface area contributed by atoms with Crippen LogP contribution in [0.15, 0.2) is 18.3 Å². The van der Waals surface area contributed by atoms with E-state index in [9.17, 15) is 14.0 Å². The van der Waals surface area contributed by atoms with Crippen LogP contribution in [-0.4, -0.2) is 46.6 Å². The predicted octanol–water partition coefficient (Wildman–Crippen LogP) is 0.546. The molecule has 17 heavy (non-hydrogen) atoms. The molecule has 1 atom stereocenters. The van der Waals surface area contributed by atoms with Crippen LogP contribution in [0, 0.1) is 5.95 Å². The average Bonchev–Trinajstić information content (AvgIpc) is 2.58. The summed E-state index contributed by atoms with van der Waals surface area (Å²) < 4.78 is 12.6. The largest absolute Gasteiger partial charge is 0.480 e. The van der Waals surface area contributed by atoms with E-state index in [0.29, 0.717) is 5.69 Å². The number of nitrogens with zero attached hydrogens (tertiary/aromatic N) is 3. The van der Waals surface area contributed by atoms with Gasteiger partial charge in [0.2, 0.25) is 5.95 Å². The number of anilines is 1. The van der Waals surface area contributed by atoms with Crippen molar-refractivity contribution < 1.29 is 19.1 Å². The first-order valence-corrected chi connectivity index (χ1v) is 4.89. The summed E-state index contributed by atoms with van der Waals surface area (Å²) in [5.74, 6) is -1.72. The van der Waals surface area contributed by atoms with Crippen molar-refractivity contribution >= 4 is 17.7 Å². The van der Waals surface area contributed by atoms with Gasteiger partial charge in [0.25, 0.3) is 0 Å². The maximum absolute atomic E-state index is 12.6. The van der Waals surface area contributed by atoms with E-state index >= 15 is 0 Å². The van der Waals surface area contributed by atoms with E-state index in [1.807, 2.05) is 0 Å². The molecule has 1 N–H and O–H groups in total. The second-order valence-electron chi connectivity index (χ2n) is 3.70. The summed E-state index contributed by atoms with van der Waals surface area (Å²) in [5, 5.41) is 8.91. The number of halogens is 1. The van der Waals surface area contributed by atoms with Gasteiger partial charge in [-0.15, -0.1) is 0 Å². The van der Waals surface area contributed by atoms with Crippen molar-refractivity contribution in [1.29, 1.82) is 0 Å². The monoisotopic (exact) mass is 239 g/mol. The van der Waals surface area contributed by atoms with Gasteiger partial charge >= 0.3 is 12.0 Å². The van der Waals surface area contributed by atoms with Crippen LogP contribution in [0.5, 0.6) is 0 Å². The highest BCUT2D eigenvalue weighted by Crippen LogP contribution is 2.22. The number of aliphatic carboxylic acids is 1. The van der Waals surface area contributed by atoms with Crippen molar-refractivity contribution in [2.45, 2.75) is 6.04 Å². The molecule has 1 aromatic heterocycles. The summed E-state index contributed by atoms with van der Waals surface area (Å²) in [5.41, 5.74) is 0.381. The third-order valence-corrected chi connectivity index (χ3v) is 2.66.